The Morgan fingerprint density at radius 3 is 2.68 bits per heavy atom. The molecule has 5 heteroatoms. The number of hydrogen-bond donors (Lipinski definition) is 2. The van der Waals surface area contributed by atoms with Crippen LogP contribution in [0.1, 0.15) is 17.4 Å². The Morgan fingerprint density at radius 1 is 1.26 bits per heavy atom. The second kappa shape index (κ2) is 6.82. The Balaban J connectivity index is 1.82. The van der Waals surface area contributed by atoms with E-state index in [1.165, 1.54) is 6.33 Å². The molecule has 0 fully saturated rings. The monoisotopic (exact) mass is 259 g/mol. The molecule has 0 spiro atoms. The lowest BCUT2D eigenvalue weighted by Crippen LogP contribution is -2.21. The SMILES string of the molecule is COc1ccc(C(O)CNCc2ccncn2)cc1. The number of aliphatic hydroxyl groups excluding tert-OH is 1. The van der Waals surface area contributed by atoms with Crippen LogP contribution in [-0.2, 0) is 6.54 Å². The van der Waals surface area contributed by atoms with Gasteiger partial charge in [0.15, 0.2) is 0 Å². The topological polar surface area (TPSA) is 67.3 Å². The highest BCUT2D eigenvalue weighted by molar-refractivity contribution is 5.28. The van der Waals surface area contributed by atoms with Crippen molar-refractivity contribution in [3.63, 3.8) is 0 Å². The first-order valence-corrected chi connectivity index (χ1v) is 6.07. The summed E-state index contributed by atoms with van der Waals surface area (Å²) in [4.78, 5) is 7.95. The minimum absolute atomic E-state index is 0.469. The highest BCUT2D eigenvalue weighted by Gasteiger charge is 2.07. The Hall–Kier alpha value is -1.98. The van der Waals surface area contributed by atoms with Gasteiger partial charge in [-0.2, -0.15) is 0 Å². The van der Waals surface area contributed by atoms with Gasteiger partial charge in [-0.3, -0.25) is 0 Å². The molecule has 0 amide bonds. The number of aromatic nitrogens is 2. The number of ether oxygens (including phenoxy) is 1. The average Bonchev–Trinajstić information content (AvgIpc) is 2.48. The van der Waals surface area contributed by atoms with Crippen molar-refractivity contribution in [2.24, 2.45) is 0 Å². The van der Waals surface area contributed by atoms with Crippen LogP contribution in [0.25, 0.3) is 0 Å². The van der Waals surface area contributed by atoms with E-state index < -0.39 is 6.10 Å². The molecule has 1 atom stereocenters. The molecule has 2 N–H and O–H groups in total. The van der Waals surface area contributed by atoms with Gasteiger partial charge in [-0.15, -0.1) is 0 Å². The third-order valence-corrected chi connectivity index (χ3v) is 2.79. The molecular formula is C14H17N3O2. The van der Waals surface area contributed by atoms with E-state index in [1.807, 2.05) is 30.3 Å². The molecule has 0 saturated heterocycles. The van der Waals surface area contributed by atoms with Crippen molar-refractivity contribution in [1.82, 2.24) is 15.3 Å². The van der Waals surface area contributed by atoms with Crippen molar-refractivity contribution >= 4 is 0 Å². The van der Waals surface area contributed by atoms with Gasteiger partial charge in [-0.1, -0.05) is 12.1 Å². The van der Waals surface area contributed by atoms with Gasteiger partial charge >= 0.3 is 0 Å². The van der Waals surface area contributed by atoms with E-state index in [4.69, 9.17) is 4.74 Å². The van der Waals surface area contributed by atoms with Gasteiger partial charge < -0.3 is 15.2 Å². The summed E-state index contributed by atoms with van der Waals surface area (Å²) in [7, 11) is 1.62. The smallest absolute Gasteiger partial charge is 0.118 e. The van der Waals surface area contributed by atoms with Crippen molar-refractivity contribution in [3.05, 3.63) is 54.1 Å². The van der Waals surface area contributed by atoms with Gasteiger partial charge in [0.1, 0.15) is 12.1 Å². The van der Waals surface area contributed by atoms with Crippen molar-refractivity contribution in [1.29, 1.82) is 0 Å². The molecule has 0 aliphatic heterocycles. The molecule has 2 rings (SSSR count). The average molecular weight is 259 g/mol. The molecule has 19 heavy (non-hydrogen) atoms. The molecule has 1 unspecified atom stereocenters. The highest BCUT2D eigenvalue weighted by Crippen LogP contribution is 2.16. The van der Waals surface area contributed by atoms with Crippen LogP contribution in [0.4, 0.5) is 0 Å². The summed E-state index contributed by atoms with van der Waals surface area (Å²) in [6.45, 7) is 1.08. The van der Waals surface area contributed by atoms with Gasteiger partial charge in [0, 0.05) is 19.3 Å². The van der Waals surface area contributed by atoms with Gasteiger partial charge in [-0.05, 0) is 23.8 Å². The second-order valence-electron chi connectivity index (χ2n) is 4.12. The molecule has 1 aromatic carbocycles. The maximum atomic E-state index is 10.0. The van der Waals surface area contributed by atoms with Crippen LogP contribution in [0.15, 0.2) is 42.9 Å². The molecule has 0 aliphatic rings. The largest absolute Gasteiger partial charge is 0.497 e. The summed E-state index contributed by atoms with van der Waals surface area (Å²) in [6.07, 6.45) is 2.66. The summed E-state index contributed by atoms with van der Waals surface area (Å²) < 4.78 is 5.08. The second-order valence-corrected chi connectivity index (χ2v) is 4.12. The van der Waals surface area contributed by atoms with E-state index in [1.54, 1.807) is 13.3 Å². The van der Waals surface area contributed by atoms with Crippen LogP contribution in [0.5, 0.6) is 5.75 Å². The third kappa shape index (κ3) is 4.01. The first kappa shape index (κ1) is 13.5. The van der Waals surface area contributed by atoms with Crippen LogP contribution in [0, 0.1) is 0 Å². The van der Waals surface area contributed by atoms with Crippen LogP contribution in [0.2, 0.25) is 0 Å². The molecule has 0 radical (unpaired) electrons. The molecule has 1 aromatic heterocycles. The number of nitrogens with zero attached hydrogens (tertiary/aromatic N) is 2. The Morgan fingerprint density at radius 2 is 2.05 bits per heavy atom. The molecule has 0 saturated carbocycles. The number of hydrogen-bond acceptors (Lipinski definition) is 5. The first-order valence-electron chi connectivity index (χ1n) is 6.07. The van der Waals surface area contributed by atoms with Gasteiger partial charge in [0.05, 0.1) is 18.9 Å². The summed E-state index contributed by atoms with van der Waals surface area (Å²) in [5, 5.41) is 13.2. The van der Waals surface area contributed by atoms with E-state index in [0.717, 1.165) is 17.0 Å². The molecule has 5 nitrogen and oxygen atoms in total. The normalized spacial score (nSPS) is 12.1. The number of nitrogens with one attached hydrogen (secondary N) is 1. The highest BCUT2D eigenvalue weighted by atomic mass is 16.5. The van der Waals surface area contributed by atoms with Crippen LogP contribution in [-0.4, -0.2) is 28.7 Å². The van der Waals surface area contributed by atoms with E-state index in [-0.39, 0.29) is 0 Å². The van der Waals surface area contributed by atoms with Crippen molar-refractivity contribution in [3.8, 4) is 5.75 Å². The maximum absolute atomic E-state index is 10.0. The lowest BCUT2D eigenvalue weighted by atomic mass is 10.1. The van der Waals surface area contributed by atoms with E-state index in [0.29, 0.717) is 13.1 Å². The Kier molecular flexibility index (Phi) is 4.83. The zero-order valence-electron chi connectivity index (χ0n) is 10.8. The zero-order chi connectivity index (χ0) is 13.5. The minimum Gasteiger partial charge on any atom is -0.497 e. The predicted octanol–water partition coefficient (Wildman–Crippen LogP) is 1.31. The van der Waals surface area contributed by atoms with Crippen molar-refractivity contribution in [2.75, 3.05) is 13.7 Å². The minimum atomic E-state index is -0.548. The fraction of sp³-hybridized carbons (Fsp3) is 0.286. The number of methoxy groups -OCH3 is 1. The summed E-state index contributed by atoms with van der Waals surface area (Å²) in [6, 6.07) is 9.23. The number of benzene rings is 1. The maximum Gasteiger partial charge on any atom is 0.118 e. The lowest BCUT2D eigenvalue weighted by molar-refractivity contribution is 0.174. The van der Waals surface area contributed by atoms with E-state index in [9.17, 15) is 5.11 Å². The molecule has 1 heterocycles. The number of aliphatic hydroxyl groups is 1. The molecule has 2 aromatic rings. The molecule has 0 bridgehead atoms. The first-order chi connectivity index (χ1) is 9.29. The van der Waals surface area contributed by atoms with Gasteiger partial charge in [0.2, 0.25) is 0 Å². The van der Waals surface area contributed by atoms with Crippen molar-refractivity contribution < 1.29 is 9.84 Å². The Bertz CT molecular complexity index is 488. The van der Waals surface area contributed by atoms with Crippen LogP contribution in [0.3, 0.4) is 0 Å². The number of rotatable bonds is 6. The van der Waals surface area contributed by atoms with Gasteiger partial charge in [0.25, 0.3) is 0 Å². The van der Waals surface area contributed by atoms with Crippen LogP contribution >= 0.6 is 0 Å². The lowest BCUT2D eigenvalue weighted by Gasteiger charge is -2.12. The van der Waals surface area contributed by atoms with Crippen LogP contribution < -0.4 is 10.1 Å². The third-order valence-electron chi connectivity index (χ3n) is 2.79. The standard InChI is InChI=1S/C14H17N3O2/c1-19-13-4-2-11(3-5-13)14(18)9-16-8-12-6-7-15-10-17-12/h2-7,10,14,16,18H,8-9H2,1H3. The molecular weight excluding hydrogens is 242 g/mol. The Labute approximate surface area is 112 Å². The van der Waals surface area contributed by atoms with E-state index >= 15 is 0 Å². The quantitative estimate of drug-likeness (QED) is 0.818. The fourth-order valence-corrected chi connectivity index (χ4v) is 1.70. The molecule has 100 valence electrons. The summed E-state index contributed by atoms with van der Waals surface area (Å²) in [5.74, 6) is 0.782. The zero-order valence-corrected chi connectivity index (χ0v) is 10.8. The van der Waals surface area contributed by atoms with Crippen molar-refractivity contribution in [2.45, 2.75) is 12.6 Å². The predicted molar refractivity (Wildman–Crippen MR) is 71.7 cm³/mol. The summed E-state index contributed by atoms with van der Waals surface area (Å²) >= 11 is 0. The summed E-state index contributed by atoms with van der Waals surface area (Å²) in [5.41, 5.74) is 1.76. The van der Waals surface area contributed by atoms with E-state index in [2.05, 4.69) is 15.3 Å². The fourth-order valence-electron chi connectivity index (χ4n) is 1.70. The molecule has 0 aliphatic carbocycles. The van der Waals surface area contributed by atoms with Gasteiger partial charge in [-0.25, -0.2) is 9.97 Å².